The van der Waals surface area contributed by atoms with Gasteiger partial charge in [-0.25, -0.2) is 4.37 Å². The van der Waals surface area contributed by atoms with Crippen LogP contribution in [0.4, 0.5) is 0 Å². The Labute approximate surface area is 99.0 Å². The number of nitrogens with zero attached hydrogens (tertiary/aromatic N) is 1. The van der Waals surface area contributed by atoms with E-state index in [0.717, 1.165) is 4.88 Å². The van der Waals surface area contributed by atoms with Gasteiger partial charge in [-0.2, -0.15) is 0 Å². The molecule has 1 unspecified atom stereocenters. The Morgan fingerprint density at radius 3 is 2.75 bits per heavy atom. The second kappa shape index (κ2) is 5.75. The van der Waals surface area contributed by atoms with E-state index in [4.69, 9.17) is 10.5 Å². The number of hydrogen-bond acceptors (Lipinski definition) is 4. The van der Waals surface area contributed by atoms with Crippen molar-refractivity contribution >= 4 is 11.5 Å². The lowest BCUT2D eigenvalue weighted by Crippen LogP contribution is -2.15. The molecule has 3 nitrogen and oxygen atoms in total. The number of benzene rings is 1. The lowest BCUT2D eigenvalue weighted by atomic mass is 10.2. The Morgan fingerprint density at radius 2 is 2.06 bits per heavy atom. The highest BCUT2D eigenvalue weighted by Crippen LogP contribution is 2.14. The molecule has 1 heterocycles. The molecule has 84 valence electrons. The average molecular weight is 234 g/mol. The van der Waals surface area contributed by atoms with Gasteiger partial charge < -0.3 is 10.5 Å². The minimum atomic E-state index is -0.0730. The maximum Gasteiger partial charge on any atom is 0.0717 e. The van der Waals surface area contributed by atoms with Crippen LogP contribution < -0.4 is 5.73 Å². The number of rotatable bonds is 5. The molecule has 16 heavy (non-hydrogen) atoms. The highest BCUT2D eigenvalue weighted by atomic mass is 32.1. The summed E-state index contributed by atoms with van der Waals surface area (Å²) in [5, 5.41) is 0. The minimum absolute atomic E-state index is 0.0730. The molecule has 1 aromatic heterocycles. The van der Waals surface area contributed by atoms with E-state index in [0.29, 0.717) is 13.2 Å². The van der Waals surface area contributed by atoms with Crippen molar-refractivity contribution in [3.8, 4) is 0 Å². The molecule has 4 heteroatoms. The van der Waals surface area contributed by atoms with E-state index in [1.54, 1.807) is 6.20 Å². The van der Waals surface area contributed by atoms with Gasteiger partial charge in [0.05, 0.1) is 19.3 Å². The molecule has 0 aliphatic heterocycles. The quantitative estimate of drug-likeness (QED) is 0.864. The predicted molar refractivity (Wildman–Crippen MR) is 65.1 cm³/mol. The lowest BCUT2D eigenvalue weighted by Gasteiger charge is -2.09. The van der Waals surface area contributed by atoms with Gasteiger partial charge in [0.2, 0.25) is 0 Å². The molecule has 1 atom stereocenters. The zero-order valence-corrected chi connectivity index (χ0v) is 9.69. The molecule has 0 amide bonds. The van der Waals surface area contributed by atoms with E-state index in [-0.39, 0.29) is 6.04 Å². The first kappa shape index (κ1) is 11.3. The third-order valence-electron chi connectivity index (χ3n) is 2.23. The van der Waals surface area contributed by atoms with Gasteiger partial charge in [0.25, 0.3) is 0 Å². The summed E-state index contributed by atoms with van der Waals surface area (Å²) >= 11 is 1.42. The molecule has 0 aliphatic carbocycles. The minimum Gasteiger partial charge on any atom is -0.375 e. The van der Waals surface area contributed by atoms with E-state index in [1.807, 2.05) is 36.4 Å². The van der Waals surface area contributed by atoms with Crippen LogP contribution in [0.1, 0.15) is 16.5 Å². The first-order chi connectivity index (χ1) is 7.86. The fourth-order valence-corrected chi connectivity index (χ4v) is 1.95. The lowest BCUT2D eigenvalue weighted by molar-refractivity contribution is 0.108. The molecule has 0 radical (unpaired) electrons. The highest BCUT2D eigenvalue weighted by Gasteiger charge is 2.07. The summed E-state index contributed by atoms with van der Waals surface area (Å²) in [6, 6.07) is 11.9. The van der Waals surface area contributed by atoms with Crippen molar-refractivity contribution in [3.05, 3.63) is 53.0 Å². The molecule has 0 saturated heterocycles. The van der Waals surface area contributed by atoms with E-state index < -0.39 is 0 Å². The van der Waals surface area contributed by atoms with Crippen LogP contribution in [-0.2, 0) is 11.3 Å². The number of ether oxygens (including phenoxy) is 1. The number of aromatic nitrogens is 1. The first-order valence-corrected chi connectivity index (χ1v) is 5.91. The fraction of sp³-hybridized carbons (Fsp3) is 0.250. The Bertz CT molecular complexity index is 402. The van der Waals surface area contributed by atoms with Gasteiger partial charge in [-0.15, -0.1) is 0 Å². The van der Waals surface area contributed by atoms with E-state index in [2.05, 4.69) is 4.37 Å². The number of nitrogens with two attached hydrogens (primary N) is 1. The summed E-state index contributed by atoms with van der Waals surface area (Å²) in [4.78, 5) is 1.06. The van der Waals surface area contributed by atoms with Crippen LogP contribution in [0.5, 0.6) is 0 Å². The van der Waals surface area contributed by atoms with Gasteiger partial charge in [-0.05, 0) is 23.2 Å². The SMILES string of the molecule is NC(COCc1ccccc1)c1ccns1. The Balaban J connectivity index is 1.76. The van der Waals surface area contributed by atoms with E-state index >= 15 is 0 Å². The Kier molecular flexibility index (Phi) is 4.04. The first-order valence-electron chi connectivity index (χ1n) is 5.14. The summed E-state index contributed by atoms with van der Waals surface area (Å²) in [7, 11) is 0. The summed E-state index contributed by atoms with van der Waals surface area (Å²) < 4.78 is 9.57. The second-order valence-electron chi connectivity index (χ2n) is 3.52. The average Bonchev–Trinajstić information content (AvgIpc) is 2.84. The van der Waals surface area contributed by atoms with Gasteiger partial charge in [-0.1, -0.05) is 30.3 Å². The molecular weight excluding hydrogens is 220 g/mol. The highest BCUT2D eigenvalue weighted by molar-refractivity contribution is 7.05. The molecule has 1 aromatic carbocycles. The topological polar surface area (TPSA) is 48.1 Å². The largest absolute Gasteiger partial charge is 0.375 e. The van der Waals surface area contributed by atoms with Crippen LogP contribution >= 0.6 is 11.5 Å². The molecular formula is C12H14N2OS. The van der Waals surface area contributed by atoms with Crippen molar-refractivity contribution in [3.63, 3.8) is 0 Å². The smallest absolute Gasteiger partial charge is 0.0717 e. The van der Waals surface area contributed by atoms with Crippen molar-refractivity contribution in [2.24, 2.45) is 5.73 Å². The maximum atomic E-state index is 5.95. The Hall–Kier alpha value is -1.23. The van der Waals surface area contributed by atoms with Crippen molar-refractivity contribution in [2.75, 3.05) is 6.61 Å². The van der Waals surface area contributed by atoms with Crippen molar-refractivity contribution in [1.82, 2.24) is 4.37 Å². The molecule has 2 rings (SSSR count). The van der Waals surface area contributed by atoms with Crippen molar-refractivity contribution < 1.29 is 4.74 Å². The van der Waals surface area contributed by atoms with Crippen LogP contribution in [0.3, 0.4) is 0 Å². The van der Waals surface area contributed by atoms with Crippen molar-refractivity contribution in [2.45, 2.75) is 12.6 Å². The zero-order chi connectivity index (χ0) is 11.2. The van der Waals surface area contributed by atoms with Crippen LogP contribution in [0.2, 0.25) is 0 Å². The van der Waals surface area contributed by atoms with Gasteiger partial charge in [-0.3, -0.25) is 0 Å². The van der Waals surface area contributed by atoms with Gasteiger partial charge in [0, 0.05) is 11.1 Å². The predicted octanol–water partition coefficient (Wildman–Crippen LogP) is 2.36. The molecule has 0 spiro atoms. The molecule has 0 bridgehead atoms. The summed E-state index contributed by atoms with van der Waals surface area (Å²) in [5.41, 5.74) is 7.11. The zero-order valence-electron chi connectivity index (χ0n) is 8.87. The third-order valence-corrected chi connectivity index (χ3v) is 3.11. The molecule has 0 fully saturated rings. The molecule has 2 N–H and O–H groups in total. The standard InChI is InChI=1S/C12H14N2OS/c13-11(12-6-7-14-16-12)9-15-8-10-4-2-1-3-5-10/h1-7,11H,8-9,13H2. The maximum absolute atomic E-state index is 5.95. The van der Waals surface area contributed by atoms with Crippen LogP contribution in [-0.4, -0.2) is 11.0 Å². The fourth-order valence-electron chi connectivity index (χ4n) is 1.38. The third kappa shape index (κ3) is 3.13. The normalized spacial score (nSPS) is 12.6. The van der Waals surface area contributed by atoms with E-state index in [1.165, 1.54) is 17.1 Å². The summed E-state index contributed by atoms with van der Waals surface area (Å²) in [5.74, 6) is 0. The summed E-state index contributed by atoms with van der Waals surface area (Å²) in [6.45, 7) is 1.13. The van der Waals surface area contributed by atoms with E-state index in [9.17, 15) is 0 Å². The van der Waals surface area contributed by atoms with Crippen LogP contribution in [0.25, 0.3) is 0 Å². The summed E-state index contributed by atoms with van der Waals surface area (Å²) in [6.07, 6.45) is 1.76. The van der Waals surface area contributed by atoms with Crippen LogP contribution in [0.15, 0.2) is 42.6 Å². The van der Waals surface area contributed by atoms with Gasteiger partial charge >= 0.3 is 0 Å². The molecule has 2 aromatic rings. The monoisotopic (exact) mass is 234 g/mol. The van der Waals surface area contributed by atoms with Gasteiger partial charge in [0.15, 0.2) is 0 Å². The van der Waals surface area contributed by atoms with Crippen molar-refractivity contribution in [1.29, 1.82) is 0 Å². The molecule has 0 aliphatic rings. The number of hydrogen-bond donors (Lipinski definition) is 1. The van der Waals surface area contributed by atoms with Crippen LogP contribution in [0, 0.1) is 0 Å². The Morgan fingerprint density at radius 1 is 1.25 bits per heavy atom. The second-order valence-corrected chi connectivity index (χ2v) is 4.39. The molecule has 0 saturated carbocycles. The van der Waals surface area contributed by atoms with Gasteiger partial charge in [0.1, 0.15) is 0 Å².